The van der Waals surface area contributed by atoms with Crippen LogP contribution in [-0.4, -0.2) is 50.7 Å². The van der Waals surface area contributed by atoms with Crippen molar-refractivity contribution in [2.45, 2.75) is 25.7 Å². The summed E-state index contributed by atoms with van der Waals surface area (Å²) in [5.41, 5.74) is 4.09. The topological polar surface area (TPSA) is 79.9 Å². The summed E-state index contributed by atoms with van der Waals surface area (Å²) >= 11 is 0. The van der Waals surface area contributed by atoms with Crippen molar-refractivity contribution in [1.82, 2.24) is 10.2 Å². The SMILES string of the molecule is COc1ccc(CCNC(=O)[C@@H]2C[C@@H](c3cccc(C)c3)CN(C(=O)Nc3cccc(OC)c3)C2)cc1. The summed E-state index contributed by atoms with van der Waals surface area (Å²) in [7, 11) is 3.24. The van der Waals surface area contributed by atoms with Gasteiger partial charge in [-0.1, -0.05) is 48.0 Å². The van der Waals surface area contributed by atoms with Gasteiger partial charge in [0.25, 0.3) is 0 Å². The van der Waals surface area contributed by atoms with E-state index in [0.29, 0.717) is 37.5 Å². The third kappa shape index (κ3) is 7.03. The van der Waals surface area contributed by atoms with Gasteiger partial charge in [-0.3, -0.25) is 4.79 Å². The van der Waals surface area contributed by atoms with Crippen LogP contribution in [0.2, 0.25) is 0 Å². The second kappa shape index (κ2) is 12.3. The highest BCUT2D eigenvalue weighted by atomic mass is 16.5. The lowest BCUT2D eigenvalue weighted by molar-refractivity contribution is -0.126. The predicted molar refractivity (Wildman–Crippen MR) is 145 cm³/mol. The van der Waals surface area contributed by atoms with Gasteiger partial charge in [-0.05, 0) is 55.2 Å². The molecule has 4 rings (SSSR count). The lowest BCUT2D eigenvalue weighted by Gasteiger charge is -2.37. The number of rotatable bonds is 8. The van der Waals surface area contributed by atoms with Crippen LogP contribution in [-0.2, 0) is 11.2 Å². The molecular formula is C30H35N3O4. The number of carbonyl (C=O) groups is 2. The normalized spacial score (nSPS) is 17.1. The minimum Gasteiger partial charge on any atom is -0.497 e. The van der Waals surface area contributed by atoms with Crippen molar-refractivity contribution in [3.8, 4) is 11.5 Å². The summed E-state index contributed by atoms with van der Waals surface area (Å²) in [5.74, 6) is 1.23. The number of piperidine rings is 1. The molecule has 37 heavy (non-hydrogen) atoms. The number of nitrogens with one attached hydrogen (secondary N) is 2. The van der Waals surface area contributed by atoms with Crippen molar-refractivity contribution in [2.24, 2.45) is 5.92 Å². The highest BCUT2D eigenvalue weighted by Crippen LogP contribution is 2.31. The van der Waals surface area contributed by atoms with Gasteiger partial charge in [0, 0.05) is 37.3 Å². The van der Waals surface area contributed by atoms with Crippen LogP contribution in [0.5, 0.6) is 11.5 Å². The molecule has 194 valence electrons. The minimum absolute atomic E-state index is 0.0231. The summed E-state index contributed by atoms with van der Waals surface area (Å²) in [6, 6.07) is 23.2. The molecule has 1 aliphatic rings. The number of methoxy groups -OCH3 is 2. The maximum atomic E-state index is 13.3. The molecular weight excluding hydrogens is 466 g/mol. The fourth-order valence-electron chi connectivity index (χ4n) is 4.79. The molecule has 2 atom stereocenters. The molecule has 3 aromatic carbocycles. The molecule has 7 heteroatoms. The van der Waals surface area contributed by atoms with E-state index in [9.17, 15) is 9.59 Å². The zero-order chi connectivity index (χ0) is 26.2. The standard InChI is InChI=1S/C30H35N3O4/c1-21-6-4-7-23(16-21)24-17-25(29(34)31-15-14-22-10-12-27(36-2)13-11-22)20-33(19-24)30(35)32-26-8-5-9-28(18-26)37-3/h4-13,16,18,24-25H,14-15,17,19-20H2,1-3H3,(H,31,34)(H,32,35)/t24-,25-/m1/s1. The van der Waals surface area contributed by atoms with Gasteiger partial charge in [-0.25, -0.2) is 4.79 Å². The zero-order valence-electron chi connectivity index (χ0n) is 21.7. The van der Waals surface area contributed by atoms with Gasteiger partial charge in [0.1, 0.15) is 11.5 Å². The van der Waals surface area contributed by atoms with E-state index in [-0.39, 0.29) is 23.8 Å². The fourth-order valence-corrected chi connectivity index (χ4v) is 4.79. The molecule has 1 saturated heterocycles. The van der Waals surface area contributed by atoms with Crippen molar-refractivity contribution in [3.63, 3.8) is 0 Å². The Kier molecular flexibility index (Phi) is 8.67. The largest absolute Gasteiger partial charge is 0.497 e. The lowest BCUT2D eigenvalue weighted by atomic mass is 9.83. The smallest absolute Gasteiger partial charge is 0.321 e. The van der Waals surface area contributed by atoms with Gasteiger partial charge < -0.3 is 25.0 Å². The number of amides is 3. The maximum absolute atomic E-state index is 13.3. The number of carbonyl (C=O) groups excluding carboxylic acids is 2. The van der Waals surface area contributed by atoms with Gasteiger partial charge in [0.2, 0.25) is 5.91 Å². The molecule has 1 aliphatic heterocycles. The van der Waals surface area contributed by atoms with Gasteiger partial charge in [0.15, 0.2) is 0 Å². The first-order valence-electron chi connectivity index (χ1n) is 12.6. The zero-order valence-corrected chi connectivity index (χ0v) is 21.7. The van der Waals surface area contributed by atoms with Crippen molar-refractivity contribution in [2.75, 3.05) is 39.2 Å². The Morgan fingerprint density at radius 1 is 0.919 bits per heavy atom. The van der Waals surface area contributed by atoms with Crippen LogP contribution in [0.1, 0.15) is 29.0 Å². The van der Waals surface area contributed by atoms with Gasteiger partial charge in [0.05, 0.1) is 20.1 Å². The number of benzene rings is 3. The van der Waals surface area contributed by atoms with Crippen LogP contribution in [0.3, 0.4) is 0 Å². The van der Waals surface area contributed by atoms with Crippen LogP contribution in [0.25, 0.3) is 0 Å². The molecule has 2 N–H and O–H groups in total. The highest BCUT2D eigenvalue weighted by molar-refractivity contribution is 5.90. The average molecular weight is 502 g/mol. The first-order valence-corrected chi connectivity index (χ1v) is 12.6. The van der Waals surface area contributed by atoms with E-state index in [0.717, 1.165) is 28.9 Å². The Hall–Kier alpha value is -4.00. The molecule has 1 fully saturated rings. The highest BCUT2D eigenvalue weighted by Gasteiger charge is 2.34. The Balaban J connectivity index is 1.44. The summed E-state index contributed by atoms with van der Waals surface area (Å²) in [5, 5.41) is 6.06. The van der Waals surface area contributed by atoms with Gasteiger partial charge in [-0.2, -0.15) is 0 Å². The van der Waals surface area contributed by atoms with Crippen LogP contribution in [0.15, 0.2) is 72.8 Å². The Morgan fingerprint density at radius 3 is 2.41 bits per heavy atom. The summed E-state index contributed by atoms with van der Waals surface area (Å²) in [6.45, 7) is 3.51. The molecule has 0 bridgehead atoms. The van der Waals surface area contributed by atoms with E-state index in [1.807, 2.05) is 48.5 Å². The summed E-state index contributed by atoms with van der Waals surface area (Å²) < 4.78 is 10.5. The van der Waals surface area contributed by atoms with Crippen molar-refractivity contribution in [1.29, 1.82) is 0 Å². The fraction of sp³-hybridized carbons (Fsp3) is 0.333. The second-order valence-electron chi connectivity index (χ2n) is 9.50. The van der Waals surface area contributed by atoms with E-state index >= 15 is 0 Å². The third-order valence-corrected chi connectivity index (χ3v) is 6.82. The van der Waals surface area contributed by atoms with E-state index in [1.165, 1.54) is 0 Å². The quantitative estimate of drug-likeness (QED) is 0.455. The number of ether oxygens (including phenoxy) is 2. The van der Waals surface area contributed by atoms with Gasteiger partial charge >= 0.3 is 6.03 Å². The van der Waals surface area contributed by atoms with Gasteiger partial charge in [-0.15, -0.1) is 0 Å². The van der Waals surface area contributed by atoms with Crippen LogP contribution in [0, 0.1) is 12.8 Å². The number of likely N-dealkylation sites (tertiary alicyclic amines) is 1. The van der Waals surface area contributed by atoms with Crippen LogP contribution < -0.4 is 20.1 Å². The first-order chi connectivity index (χ1) is 17.9. The molecule has 0 aliphatic carbocycles. The predicted octanol–water partition coefficient (Wildman–Crippen LogP) is 5.01. The number of anilines is 1. The monoisotopic (exact) mass is 501 g/mol. The summed E-state index contributed by atoms with van der Waals surface area (Å²) in [6.07, 6.45) is 1.42. The molecule has 0 radical (unpaired) electrons. The van der Waals surface area contributed by atoms with E-state index in [2.05, 4.69) is 35.8 Å². The number of hydrogen-bond donors (Lipinski definition) is 2. The third-order valence-electron chi connectivity index (χ3n) is 6.82. The minimum atomic E-state index is -0.300. The molecule has 7 nitrogen and oxygen atoms in total. The van der Waals surface area contributed by atoms with E-state index in [4.69, 9.17) is 9.47 Å². The number of aryl methyl sites for hydroxylation is 1. The first kappa shape index (κ1) is 26.1. The maximum Gasteiger partial charge on any atom is 0.321 e. The van der Waals surface area contributed by atoms with Crippen molar-refractivity contribution in [3.05, 3.63) is 89.5 Å². The van der Waals surface area contributed by atoms with Crippen molar-refractivity contribution < 1.29 is 19.1 Å². The lowest BCUT2D eigenvalue weighted by Crippen LogP contribution is -2.49. The molecule has 0 spiro atoms. The molecule has 0 saturated carbocycles. The second-order valence-corrected chi connectivity index (χ2v) is 9.50. The van der Waals surface area contributed by atoms with E-state index in [1.54, 1.807) is 25.2 Å². The number of hydrogen-bond acceptors (Lipinski definition) is 4. The molecule has 0 unspecified atom stereocenters. The number of urea groups is 1. The Labute approximate surface area is 218 Å². The van der Waals surface area contributed by atoms with Crippen molar-refractivity contribution >= 4 is 17.6 Å². The van der Waals surface area contributed by atoms with Crippen LogP contribution >= 0.6 is 0 Å². The van der Waals surface area contributed by atoms with Crippen LogP contribution in [0.4, 0.5) is 10.5 Å². The van der Waals surface area contributed by atoms with E-state index < -0.39 is 0 Å². The average Bonchev–Trinajstić information content (AvgIpc) is 2.93. The number of nitrogens with zero attached hydrogens (tertiary/aromatic N) is 1. The molecule has 3 amide bonds. The molecule has 0 aromatic heterocycles. The molecule has 1 heterocycles. The Morgan fingerprint density at radius 2 is 1.68 bits per heavy atom. The Bertz CT molecular complexity index is 1210. The summed E-state index contributed by atoms with van der Waals surface area (Å²) in [4.78, 5) is 28.3. The molecule has 3 aromatic rings.